The van der Waals surface area contributed by atoms with Crippen molar-refractivity contribution in [3.63, 3.8) is 0 Å². The number of hydrogen-bond acceptors (Lipinski definition) is 4. The van der Waals surface area contributed by atoms with Gasteiger partial charge in [-0.05, 0) is 26.0 Å². The predicted octanol–water partition coefficient (Wildman–Crippen LogP) is 3.82. The Balaban J connectivity index is 1.94. The third-order valence-electron chi connectivity index (χ3n) is 3.74. The molecular weight excluding hydrogens is 332 g/mol. The molecule has 0 aliphatic carbocycles. The van der Waals surface area contributed by atoms with Crippen LogP contribution in [0.4, 0.5) is 0 Å². The largest absolute Gasteiger partial charge is 0.361 e. The van der Waals surface area contributed by atoms with Crippen molar-refractivity contribution in [3.05, 3.63) is 38.4 Å². The van der Waals surface area contributed by atoms with E-state index in [1.54, 1.807) is 18.4 Å². The zero-order valence-electron chi connectivity index (χ0n) is 14.2. The van der Waals surface area contributed by atoms with E-state index >= 15 is 0 Å². The number of thiophene rings is 1. The first kappa shape index (κ1) is 17.8. The van der Waals surface area contributed by atoms with Crippen LogP contribution in [-0.2, 0) is 6.54 Å². The molecule has 0 fully saturated rings. The van der Waals surface area contributed by atoms with Gasteiger partial charge in [0.25, 0.3) is 0 Å². The second-order valence-corrected chi connectivity index (χ2v) is 7.43. The molecule has 7 heteroatoms. The van der Waals surface area contributed by atoms with Crippen LogP contribution in [0, 0.1) is 13.8 Å². The van der Waals surface area contributed by atoms with E-state index < -0.39 is 0 Å². The quantitative estimate of drug-likeness (QED) is 0.655. The van der Waals surface area contributed by atoms with Crippen LogP contribution in [0.1, 0.15) is 34.7 Å². The highest BCUT2D eigenvalue weighted by atomic mass is 35.5. The van der Waals surface area contributed by atoms with Crippen molar-refractivity contribution in [2.24, 2.45) is 4.99 Å². The Hall–Kier alpha value is -1.53. The molecule has 0 aliphatic rings. The monoisotopic (exact) mass is 354 g/mol. The number of nitrogens with zero attached hydrogens (tertiary/aromatic N) is 3. The lowest BCUT2D eigenvalue weighted by molar-refractivity contribution is 0.391. The Labute approximate surface area is 146 Å². The smallest absolute Gasteiger partial charge is 0.193 e. The highest BCUT2D eigenvalue weighted by molar-refractivity contribution is 7.16. The Morgan fingerprint density at radius 1 is 1.48 bits per heavy atom. The number of aryl methyl sites for hydroxylation is 2. The van der Waals surface area contributed by atoms with E-state index in [-0.39, 0.29) is 0 Å². The fourth-order valence-corrected chi connectivity index (χ4v) is 3.81. The molecule has 2 rings (SSSR count). The van der Waals surface area contributed by atoms with E-state index in [0.29, 0.717) is 5.92 Å². The number of aliphatic imine (C=N–C) groups is 1. The van der Waals surface area contributed by atoms with Crippen LogP contribution in [-0.4, -0.2) is 36.7 Å². The van der Waals surface area contributed by atoms with Crippen molar-refractivity contribution in [2.75, 3.05) is 20.6 Å². The summed E-state index contributed by atoms with van der Waals surface area (Å²) in [6, 6.07) is 3.97. The standard InChI is InChI=1S/C16H23ClN4OS/c1-10(15-11(2)20-22-12(15)3)8-19-16(18-4)21(5)9-13-6-7-14(17)23-13/h6-7,10H,8-9H2,1-5H3,(H,18,19). The number of guanidine groups is 1. The van der Waals surface area contributed by atoms with E-state index in [1.165, 1.54) is 10.4 Å². The minimum absolute atomic E-state index is 0.294. The number of hydrogen-bond donors (Lipinski definition) is 1. The fourth-order valence-electron chi connectivity index (χ4n) is 2.67. The summed E-state index contributed by atoms with van der Waals surface area (Å²) in [4.78, 5) is 7.65. The number of aromatic nitrogens is 1. The van der Waals surface area contributed by atoms with Crippen molar-refractivity contribution in [2.45, 2.75) is 33.2 Å². The molecule has 2 aromatic heterocycles. The normalized spacial score (nSPS) is 13.2. The number of nitrogens with one attached hydrogen (secondary N) is 1. The summed E-state index contributed by atoms with van der Waals surface area (Å²) in [5.41, 5.74) is 2.12. The Morgan fingerprint density at radius 3 is 2.74 bits per heavy atom. The third kappa shape index (κ3) is 4.48. The number of rotatable bonds is 5. The van der Waals surface area contributed by atoms with Crippen molar-refractivity contribution in [1.29, 1.82) is 0 Å². The van der Waals surface area contributed by atoms with Gasteiger partial charge in [-0.3, -0.25) is 4.99 Å². The maximum absolute atomic E-state index is 5.99. The van der Waals surface area contributed by atoms with Gasteiger partial charge >= 0.3 is 0 Å². The van der Waals surface area contributed by atoms with E-state index in [0.717, 1.165) is 34.8 Å². The van der Waals surface area contributed by atoms with Crippen molar-refractivity contribution < 1.29 is 4.52 Å². The molecule has 2 aromatic rings. The van der Waals surface area contributed by atoms with Crippen LogP contribution >= 0.6 is 22.9 Å². The van der Waals surface area contributed by atoms with Crippen LogP contribution in [0.5, 0.6) is 0 Å². The van der Waals surface area contributed by atoms with Crippen LogP contribution in [0.15, 0.2) is 21.6 Å². The molecule has 0 aliphatic heterocycles. The van der Waals surface area contributed by atoms with E-state index in [1.807, 2.05) is 33.0 Å². The molecular formula is C16H23ClN4OS. The number of halogens is 1. The van der Waals surface area contributed by atoms with Gasteiger partial charge in [0.05, 0.1) is 16.6 Å². The van der Waals surface area contributed by atoms with Crippen LogP contribution in [0.3, 0.4) is 0 Å². The summed E-state index contributed by atoms with van der Waals surface area (Å²) in [7, 11) is 3.81. The van der Waals surface area contributed by atoms with Gasteiger partial charge in [0.15, 0.2) is 5.96 Å². The Kier molecular flexibility index (Phi) is 6.07. The third-order valence-corrected chi connectivity index (χ3v) is 4.96. The average Bonchev–Trinajstić information content (AvgIpc) is 3.05. The van der Waals surface area contributed by atoms with Gasteiger partial charge in [-0.15, -0.1) is 11.3 Å². The van der Waals surface area contributed by atoms with Gasteiger partial charge in [0.2, 0.25) is 0 Å². The summed E-state index contributed by atoms with van der Waals surface area (Å²) in [5, 5.41) is 7.44. The first-order chi connectivity index (χ1) is 10.9. The van der Waals surface area contributed by atoms with Gasteiger partial charge in [0.1, 0.15) is 5.76 Å². The first-order valence-corrected chi connectivity index (χ1v) is 8.70. The maximum atomic E-state index is 5.99. The van der Waals surface area contributed by atoms with Crippen LogP contribution < -0.4 is 5.32 Å². The van der Waals surface area contributed by atoms with Gasteiger partial charge in [-0.2, -0.15) is 0 Å². The molecule has 0 spiro atoms. The average molecular weight is 355 g/mol. The zero-order chi connectivity index (χ0) is 17.0. The molecule has 0 radical (unpaired) electrons. The summed E-state index contributed by atoms with van der Waals surface area (Å²) in [6.45, 7) is 7.63. The Morgan fingerprint density at radius 2 is 2.22 bits per heavy atom. The molecule has 1 atom stereocenters. The Bertz CT molecular complexity index is 660. The molecule has 1 N–H and O–H groups in total. The van der Waals surface area contributed by atoms with Crippen molar-refractivity contribution in [1.82, 2.24) is 15.4 Å². The molecule has 5 nitrogen and oxygen atoms in total. The predicted molar refractivity (Wildman–Crippen MR) is 96.5 cm³/mol. The van der Waals surface area contributed by atoms with Gasteiger partial charge in [0, 0.05) is 37.0 Å². The lowest BCUT2D eigenvalue weighted by Gasteiger charge is -2.23. The SMILES string of the molecule is CN=C(NCC(C)c1c(C)noc1C)N(C)Cc1ccc(Cl)s1. The van der Waals surface area contributed by atoms with Gasteiger partial charge < -0.3 is 14.7 Å². The van der Waals surface area contributed by atoms with E-state index in [2.05, 4.69) is 27.3 Å². The molecule has 0 saturated carbocycles. The molecule has 126 valence electrons. The molecule has 0 amide bonds. The second kappa shape index (κ2) is 7.84. The topological polar surface area (TPSA) is 53.7 Å². The molecule has 23 heavy (non-hydrogen) atoms. The lowest BCUT2D eigenvalue weighted by Crippen LogP contribution is -2.40. The second-order valence-electron chi connectivity index (χ2n) is 5.63. The molecule has 2 heterocycles. The van der Waals surface area contributed by atoms with Gasteiger partial charge in [-0.25, -0.2) is 0 Å². The minimum Gasteiger partial charge on any atom is -0.361 e. The molecule has 0 aromatic carbocycles. The van der Waals surface area contributed by atoms with Gasteiger partial charge in [-0.1, -0.05) is 23.7 Å². The first-order valence-electron chi connectivity index (χ1n) is 7.51. The van der Waals surface area contributed by atoms with Crippen LogP contribution in [0.2, 0.25) is 4.34 Å². The maximum Gasteiger partial charge on any atom is 0.193 e. The summed E-state index contributed by atoms with van der Waals surface area (Å²) in [5.74, 6) is 2.03. The molecule has 0 bridgehead atoms. The fraction of sp³-hybridized carbons (Fsp3) is 0.500. The highest BCUT2D eigenvalue weighted by Crippen LogP contribution is 2.23. The zero-order valence-corrected chi connectivity index (χ0v) is 15.8. The van der Waals surface area contributed by atoms with E-state index in [9.17, 15) is 0 Å². The summed E-state index contributed by atoms with van der Waals surface area (Å²) in [6.07, 6.45) is 0. The minimum atomic E-state index is 0.294. The van der Waals surface area contributed by atoms with Crippen molar-refractivity contribution >= 4 is 28.9 Å². The molecule has 0 saturated heterocycles. The summed E-state index contributed by atoms with van der Waals surface area (Å²) >= 11 is 7.58. The molecule has 1 unspecified atom stereocenters. The highest BCUT2D eigenvalue weighted by Gasteiger charge is 2.17. The van der Waals surface area contributed by atoms with Crippen LogP contribution in [0.25, 0.3) is 0 Å². The van der Waals surface area contributed by atoms with E-state index in [4.69, 9.17) is 16.1 Å². The summed E-state index contributed by atoms with van der Waals surface area (Å²) < 4.78 is 6.06. The van der Waals surface area contributed by atoms with Crippen molar-refractivity contribution in [3.8, 4) is 0 Å². The lowest BCUT2D eigenvalue weighted by atomic mass is 10.00.